The highest BCUT2D eigenvalue weighted by atomic mass is 16.7. The lowest BCUT2D eigenvalue weighted by molar-refractivity contribution is 0.0696. The minimum atomic E-state index is -0.953. The largest absolute Gasteiger partial charge is 0.513 e. The van der Waals surface area contributed by atoms with Crippen LogP contribution in [0, 0.1) is 0 Å². The first kappa shape index (κ1) is 21.5. The first-order chi connectivity index (χ1) is 13.6. The van der Waals surface area contributed by atoms with E-state index in [2.05, 4.69) is 6.92 Å². The lowest BCUT2D eigenvalue weighted by Gasteiger charge is -2.07. The van der Waals surface area contributed by atoms with Crippen LogP contribution < -0.4 is 4.74 Å². The van der Waals surface area contributed by atoms with Crippen LogP contribution in [0.5, 0.6) is 5.75 Å². The molecule has 5 nitrogen and oxygen atoms in total. The van der Waals surface area contributed by atoms with Gasteiger partial charge in [-0.2, -0.15) is 0 Å². The van der Waals surface area contributed by atoms with Gasteiger partial charge in [-0.15, -0.1) is 0 Å². The summed E-state index contributed by atoms with van der Waals surface area (Å²) in [7, 11) is 0. The monoisotopic (exact) mass is 384 g/mol. The summed E-state index contributed by atoms with van der Waals surface area (Å²) in [5.41, 5.74) is 2.03. The summed E-state index contributed by atoms with van der Waals surface area (Å²) < 4.78 is 10.3. The van der Waals surface area contributed by atoms with E-state index in [0.29, 0.717) is 12.4 Å². The molecule has 0 aliphatic rings. The SMILES string of the molecule is CCCCCCCCCOC(=O)Oc1ccc(-c2ccc(C(=O)O)cc2)cc1. The summed E-state index contributed by atoms with van der Waals surface area (Å²) in [4.78, 5) is 22.6. The molecule has 0 spiro atoms. The van der Waals surface area contributed by atoms with Crippen molar-refractivity contribution in [3.63, 3.8) is 0 Å². The molecule has 0 fully saturated rings. The molecule has 0 aromatic heterocycles. The minimum Gasteiger partial charge on any atom is -0.478 e. The topological polar surface area (TPSA) is 72.8 Å². The first-order valence-corrected chi connectivity index (χ1v) is 9.88. The fourth-order valence-electron chi connectivity index (χ4n) is 2.86. The summed E-state index contributed by atoms with van der Waals surface area (Å²) in [6.07, 6.45) is 7.45. The number of ether oxygens (including phenoxy) is 2. The van der Waals surface area contributed by atoms with Crippen LogP contribution in [0.2, 0.25) is 0 Å². The quantitative estimate of drug-likeness (QED) is 0.279. The van der Waals surface area contributed by atoms with Gasteiger partial charge in [0.15, 0.2) is 0 Å². The molecule has 2 aromatic rings. The van der Waals surface area contributed by atoms with Gasteiger partial charge in [0, 0.05) is 0 Å². The van der Waals surface area contributed by atoms with Gasteiger partial charge in [-0.05, 0) is 41.8 Å². The van der Waals surface area contributed by atoms with Gasteiger partial charge >= 0.3 is 12.1 Å². The summed E-state index contributed by atoms with van der Waals surface area (Å²) >= 11 is 0. The van der Waals surface area contributed by atoms with Gasteiger partial charge in [-0.25, -0.2) is 9.59 Å². The Labute approximate surface area is 166 Å². The lowest BCUT2D eigenvalue weighted by Crippen LogP contribution is -2.11. The van der Waals surface area contributed by atoms with Crippen molar-refractivity contribution < 1.29 is 24.2 Å². The van der Waals surface area contributed by atoms with Crippen molar-refractivity contribution >= 4 is 12.1 Å². The number of hydrogen-bond donors (Lipinski definition) is 1. The summed E-state index contributed by atoms with van der Waals surface area (Å²) in [5, 5.41) is 8.94. The van der Waals surface area contributed by atoms with Crippen LogP contribution in [-0.2, 0) is 4.74 Å². The zero-order valence-electron chi connectivity index (χ0n) is 16.4. The highest BCUT2D eigenvalue weighted by Gasteiger charge is 2.07. The molecule has 0 heterocycles. The van der Waals surface area contributed by atoms with Crippen LogP contribution in [0.1, 0.15) is 62.2 Å². The van der Waals surface area contributed by atoms with E-state index in [1.165, 1.54) is 32.1 Å². The van der Waals surface area contributed by atoms with Crippen molar-refractivity contribution in [2.75, 3.05) is 6.61 Å². The zero-order chi connectivity index (χ0) is 20.2. The summed E-state index contributed by atoms with van der Waals surface area (Å²) in [6.45, 7) is 2.58. The van der Waals surface area contributed by atoms with E-state index in [4.69, 9.17) is 14.6 Å². The van der Waals surface area contributed by atoms with Gasteiger partial charge in [0.25, 0.3) is 0 Å². The van der Waals surface area contributed by atoms with E-state index in [-0.39, 0.29) is 5.56 Å². The highest BCUT2D eigenvalue weighted by molar-refractivity contribution is 5.88. The first-order valence-electron chi connectivity index (χ1n) is 9.88. The standard InChI is InChI=1S/C23H28O5/c1-2-3-4-5-6-7-8-17-27-23(26)28-21-15-13-19(14-16-21)18-9-11-20(12-10-18)22(24)25/h9-16H,2-8,17H2,1H3,(H,24,25). The van der Waals surface area contributed by atoms with Crippen molar-refractivity contribution in [1.82, 2.24) is 0 Å². The molecule has 0 aliphatic carbocycles. The third-order valence-electron chi connectivity index (χ3n) is 4.49. The maximum absolute atomic E-state index is 11.7. The Morgan fingerprint density at radius 3 is 1.89 bits per heavy atom. The second kappa shape index (κ2) is 11.8. The maximum Gasteiger partial charge on any atom is 0.513 e. The van der Waals surface area contributed by atoms with Crippen molar-refractivity contribution in [3.8, 4) is 16.9 Å². The molecule has 1 N–H and O–H groups in total. The van der Waals surface area contributed by atoms with Crippen LogP contribution in [0.25, 0.3) is 11.1 Å². The number of aromatic carboxylic acids is 1. The Hall–Kier alpha value is -2.82. The van der Waals surface area contributed by atoms with E-state index in [1.807, 2.05) is 12.1 Å². The molecule has 0 saturated heterocycles. The van der Waals surface area contributed by atoms with Gasteiger partial charge in [0.05, 0.1) is 12.2 Å². The average Bonchev–Trinajstić information content (AvgIpc) is 2.70. The van der Waals surface area contributed by atoms with E-state index < -0.39 is 12.1 Å². The number of carboxylic acid groups (broad SMARTS) is 1. The third-order valence-corrected chi connectivity index (χ3v) is 4.49. The number of benzene rings is 2. The summed E-state index contributed by atoms with van der Waals surface area (Å²) in [5.74, 6) is -0.541. The number of hydrogen-bond acceptors (Lipinski definition) is 4. The maximum atomic E-state index is 11.7. The Morgan fingerprint density at radius 1 is 0.786 bits per heavy atom. The van der Waals surface area contributed by atoms with Crippen molar-refractivity contribution in [2.45, 2.75) is 51.9 Å². The fraction of sp³-hybridized carbons (Fsp3) is 0.391. The number of rotatable bonds is 11. The molecule has 0 aliphatic heterocycles. The Kier molecular flexibility index (Phi) is 9.05. The van der Waals surface area contributed by atoms with Gasteiger partial charge in [-0.3, -0.25) is 0 Å². The molecule has 0 bridgehead atoms. The molecular weight excluding hydrogens is 356 g/mol. The second-order valence-electron chi connectivity index (χ2n) is 6.73. The molecule has 150 valence electrons. The molecule has 0 atom stereocenters. The number of carboxylic acids is 1. The van der Waals surface area contributed by atoms with Gasteiger partial charge < -0.3 is 14.6 Å². The van der Waals surface area contributed by atoms with Crippen molar-refractivity contribution in [3.05, 3.63) is 54.1 Å². The van der Waals surface area contributed by atoms with Gasteiger partial charge in [0.2, 0.25) is 0 Å². The van der Waals surface area contributed by atoms with Crippen LogP contribution in [0.3, 0.4) is 0 Å². The molecule has 0 saturated carbocycles. The molecule has 0 amide bonds. The third kappa shape index (κ3) is 7.43. The van der Waals surface area contributed by atoms with Crippen LogP contribution in [-0.4, -0.2) is 23.8 Å². The average molecular weight is 384 g/mol. The molecular formula is C23H28O5. The molecule has 2 rings (SSSR count). The minimum absolute atomic E-state index is 0.243. The molecule has 2 aromatic carbocycles. The van der Waals surface area contributed by atoms with Crippen molar-refractivity contribution in [1.29, 1.82) is 0 Å². The molecule has 28 heavy (non-hydrogen) atoms. The van der Waals surface area contributed by atoms with E-state index >= 15 is 0 Å². The normalized spacial score (nSPS) is 10.5. The summed E-state index contributed by atoms with van der Waals surface area (Å²) in [6, 6.07) is 13.6. The van der Waals surface area contributed by atoms with Crippen LogP contribution in [0.15, 0.2) is 48.5 Å². The number of carbonyl (C=O) groups is 2. The zero-order valence-corrected chi connectivity index (χ0v) is 16.4. The Morgan fingerprint density at radius 2 is 1.32 bits per heavy atom. The Bertz CT molecular complexity index is 735. The van der Waals surface area contributed by atoms with Crippen LogP contribution in [0.4, 0.5) is 4.79 Å². The molecule has 5 heteroatoms. The predicted molar refractivity (Wildman–Crippen MR) is 109 cm³/mol. The van der Waals surface area contributed by atoms with Gasteiger partial charge in [0.1, 0.15) is 5.75 Å². The fourth-order valence-corrected chi connectivity index (χ4v) is 2.86. The predicted octanol–water partition coefficient (Wildman–Crippen LogP) is 6.32. The van der Waals surface area contributed by atoms with Crippen molar-refractivity contribution in [2.24, 2.45) is 0 Å². The second-order valence-corrected chi connectivity index (χ2v) is 6.73. The smallest absolute Gasteiger partial charge is 0.478 e. The van der Waals surface area contributed by atoms with Crippen LogP contribution >= 0.6 is 0 Å². The van der Waals surface area contributed by atoms with E-state index in [0.717, 1.165) is 24.0 Å². The number of unbranched alkanes of at least 4 members (excludes halogenated alkanes) is 6. The number of carbonyl (C=O) groups excluding carboxylic acids is 1. The van der Waals surface area contributed by atoms with E-state index in [1.54, 1.807) is 36.4 Å². The molecule has 0 unspecified atom stereocenters. The van der Waals surface area contributed by atoms with E-state index in [9.17, 15) is 9.59 Å². The Balaban J connectivity index is 1.71. The highest BCUT2D eigenvalue weighted by Crippen LogP contribution is 2.23. The van der Waals surface area contributed by atoms with Gasteiger partial charge in [-0.1, -0.05) is 69.7 Å². The lowest BCUT2D eigenvalue weighted by atomic mass is 10.0. The molecule has 0 radical (unpaired) electrons.